The van der Waals surface area contributed by atoms with Crippen LogP contribution in [0.5, 0.6) is 6.01 Å². The van der Waals surface area contributed by atoms with E-state index in [2.05, 4.69) is 9.97 Å². The van der Waals surface area contributed by atoms with E-state index in [9.17, 15) is 22.8 Å². The first kappa shape index (κ1) is 23.0. The van der Waals surface area contributed by atoms with Gasteiger partial charge in [-0.05, 0) is 12.5 Å². The molecular formula is C18H23F3N6O3S. The molecule has 1 aliphatic heterocycles. The van der Waals surface area contributed by atoms with E-state index in [0.717, 1.165) is 16.7 Å². The summed E-state index contributed by atoms with van der Waals surface area (Å²) in [7, 11) is 0. The van der Waals surface area contributed by atoms with Crippen molar-refractivity contribution in [1.82, 2.24) is 14.9 Å². The number of ether oxygens (including phenoxy) is 1. The Kier molecular flexibility index (Phi) is 6.84. The van der Waals surface area contributed by atoms with Crippen LogP contribution in [-0.4, -0.2) is 71.7 Å². The summed E-state index contributed by atoms with van der Waals surface area (Å²) < 4.78 is 43.0. The molecule has 13 heteroatoms. The second-order valence-electron chi connectivity index (χ2n) is 7.02. The van der Waals surface area contributed by atoms with Crippen molar-refractivity contribution in [1.29, 1.82) is 0 Å². The fourth-order valence-corrected chi connectivity index (χ4v) is 4.16. The zero-order valence-corrected chi connectivity index (χ0v) is 17.6. The van der Waals surface area contributed by atoms with Crippen LogP contribution in [0.1, 0.15) is 18.2 Å². The Labute approximate surface area is 180 Å². The molecule has 0 aliphatic carbocycles. The molecule has 2 amide bonds. The number of primary amides is 1. The van der Waals surface area contributed by atoms with E-state index < -0.39 is 30.5 Å². The molecule has 1 aliphatic rings. The third kappa shape index (κ3) is 5.53. The third-order valence-corrected chi connectivity index (χ3v) is 5.99. The average Bonchev–Trinajstić information content (AvgIpc) is 3.13. The van der Waals surface area contributed by atoms with E-state index in [-0.39, 0.29) is 25.6 Å². The van der Waals surface area contributed by atoms with Gasteiger partial charge in [0.05, 0.1) is 5.39 Å². The first-order chi connectivity index (χ1) is 14.6. The number of carbonyl (C=O) groups is 2. The second-order valence-corrected chi connectivity index (χ2v) is 8.13. The lowest BCUT2D eigenvalue weighted by Crippen LogP contribution is -2.49. The van der Waals surface area contributed by atoms with Crippen molar-refractivity contribution < 1.29 is 27.5 Å². The first-order valence-corrected chi connectivity index (χ1v) is 10.5. The summed E-state index contributed by atoms with van der Waals surface area (Å²) in [6, 6.07) is 1.89. The van der Waals surface area contributed by atoms with Gasteiger partial charge in [0.2, 0.25) is 5.91 Å². The van der Waals surface area contributed by atoms with Gasteiger partial charge < -0.3 is 26.0 Å². The van der Waals surface area contributed by atoms with Gasteiger partial charge in [0, 0.05) is 37.6 Å². The van der Waals surface area contributed by atoms with Gasteiger partial charge in [-0.2, -0.15) is 23.1 Å². The molecule has 9 nitrogen and oxygen atoms in total. The lowest BCUT2D eigenvalue weighted by Gasteiger charge is -2.35. The number of aromatic nitrogens is 2. The minimum atomic E-state index is -4.54. The largest absolute Gasteiger partial charge is 0.449 e. The van der Waals surface area contributed by atoms with Crippen molar-refractivity contribution in [3.05, 3.63) is 10.9 Å². The van der Waals surface area contributed by atoms with Crippen LogP contribution in [0.15, 0.2) is 6.07 Å². The summed E-state index contributed by atoms with van der Waals surface area (Å²) in [6.45, 7) is 2.71. The van der Waals surface area contributed by atoms with Gasteiger partial charge in [0.15, 0.2) is 6.10 Å². The van der Waals surface area contributed by atoms with Crippen LogP contribution in [0.2, 0.25) is 0 Å². The monoisotopic (exact) mass is 460 g/mol. The number of fused-ring (bicyclic) bond motifs is 1. The highest BCUT2D eigenvalue weighted by Gasteiger charge is 2.35. The van der Waals surface area contributed by atoms with Gasteiger partial charge in [-0.25, -0.2) is 0 Å². The summed E-state index contributed by atoms with van der Waals surface area (Å²) in [6.07, 6.45) is -6.32. The Morgan fingerprint density at radius 1 is 1.26 bits per heavy atom. The van der Waals surface area contributed by atoms with Crippen LogP contribution in [0.25, 0.3) is 10.2 Å². The van der Waals surface area contributed by atoms with E-state index in [1.165, 1.54) is 16.2 Å². The zero-order valence-electron chi connectivity index (χ0n) is 16.8. The Balaban J connectivity index is 1.84. The average molecular weight is 460 g/mol. The van der Waals surface area contributed by atoms with Crippen molar-refractivity contribution in [2.75, 3.05) is 37.6 Å². The van der Waals surface area contributed by atoms with Crippen molar-refractivity contribution in [2.24, 2.45) is 11.5 Å². The molecule has 0 unspecified atom stereocenters. The quantitative estimate of drug-likeness (QED) is 0.632. The summed E-state index contributed by atoms with van der Waals surface area (Å²) in [4.78, 5) is 36.9. The number of hydrogen-bond acceptors (Lipinski definition) is 8. The molecule has 0 aromatic carbocycles. The maximum absolute atomic E-state index is 12.5. The number of thiophene rings is 1. The van der Waals surface area contributed by atoms with Crippen molar-refractivity contribution in [3.63, 3.8) is 0 Å². The number of anilines is 1. The number of alkyl halides is 3. The number of carbonyl (C=O) groups excluding carboxylic acids is 2. The van der Waals surface area contributed by atoms with Crippen molar-refractivity contribution in [3.8, 4) is 6.01 Å². The predicted molar refractivity (Wildman–Crippen MR) is 109 cm³/mol. The molecule has 0 radical (unpaired) electrons. The highest BCUT2D eigenvalue weighted by atomic mass is 32.1. The van der Waals surface area contributed by atoms with Crippen LogP contribution in [0.4, 0.5) is 19.0 Å². The van der Waals surface area contributed by atoms with Crippen LogP contribution in [0, 0.1) is 0 Å². The Bertz CT molecular complexity index is 959. The number of amides is 2. The standard InChI is InChI=1S/C18H23F3N6O3S/c1-2-10-7-11-15(24-17(25-16(11)31-10)30-12(9-22)14(23)29)27-5-3-26(4-6-27)13(28)8-18(19,20)21/h7,12H,2-6,8-9,22H2,1H3,(H2,23,29)/t12-/m1/s1. The molecule has 3 heterocycles. The predicted octanol–water partition coefficient (Wildman–Crippen LogP) is 1.05. The third-order valence-electron chi connectivity index (χ3n) is 4.81. The molecule has 2 aromatic rings. The maximum atomic E-state index is 12.5. The molecule has 170 valence electrons. The highest BCUT2D eigenvalue weighted by molar-refractivity contribution is 7.18. The summed E-state index contributed by atoms with van der Waals surface area (Å²) in [5.74, 6) is -1.16. The first-order valence-electron chi connectivity index (χ1n) is 9.67. The number of nitrogens with zero attached hydrogens (tertiary/aromatic N) is 4. The lowest BCUT2D eigenvalue weighted by molar-refractivity contribution is -0.161. The Morgan fingerprint density at radius 3 is 2.48 bits per heavy atom. The number of nitrogens with two attached hydrogens (primary N) is 2. The topological polar surface area (TPSA) is 128 Å². The van der Waals surface area contributed by atoms with Crippen molar-refractivity contribution in [2.45, 2.75) is 32.0 Å². The van der Waals surface area contributed by atoms with E-state index >= 15 is 0 Å². The fraction of sp³-hybridized carbons (Fsp3) is 0.556. The van der Waals surface area contributed by atoms with E-state index in [1.54, 1.807) is 0 Å². The van der Waals surface area contributed by atoms with E-state index in [0.29, 0.717) is 23.7 Å². The fourth-order valence-electron chi connectivity index (χ4n) is 3.21. The minimum absolute atomic E-state index is 0.0585. The minimum Gasteiger partial charge on any atom is -0.449 e. The summed E-state index contributed by atoms with van der Waals surface area (Å²) in [5, 5.41) is 0.771. The number of halogens is 3. The van der Waals surface area contributed by atoms with Gasteiger partial charge in [0.25, 0.3) is 5.91 Å². The van der Waals surface area contributed by atoms with E-state index in [1.807, 2.05) is 17.9 Å². The molecule has 0 saturated carbocycles. The molecule has 31 heavy (non-hydrogen) atoms. The Hall–Kier alpha value is -2.67. The van der Waals surface area contributed by atoms with Crippen LogP contribution < -0.4 is 21.1 Å². The SMILES string of the molecule is CCc1cc2c(N3CCN(C(=O)CC(F)(F)F)CC3)nc(O[C@H](CN)C(N)=O)nc2s1. The lowest BCUT2D eigenvalue weighted by atomic mass is 10.2. The van der Waals surface area contributed by atoms with Gasteiger partial charge in [-0.1, -0.05) is 6.92 Å². The number of rotatable bonds is 7. The highest BCUT2D eigenvalue weighted by Crippen LogP contribution is 2.33. The zero-order chi connectivity index (χ0) is 22.8. The van der Waals surface area contributed by atoms with Crippen LogP contribution in [0.3, 0.4) is 0 Å². The molecule has 4 N–H and O–H groups in total. The normalized spacial score (nSPS) is 15.9. The molecule has 0 bridgehead atoms. The van der Waals surface area contributed by atoms with Crippen molar-refractivity contribution >= 4 is 39.2 Å². The maximum Gasteiger partial charge on any atom is 0.397 e. The molecule has 3 rings (SSSR count). The molecular weight excluding hydrogens is 437 g/mol. The molecule has 2 aromatic heterocycles. The molecule has 1 atom stereocenters. The number of piperazine rings is 1. The van der Waals surface area contributed by atoms with E-state index in [4.69, 9.17) is 16.2 Å². The molecule has 1 fully saturated rings. The van der Waals surface area contributed by atoms with Gasteiger partial charge in [0.1, 0.15) is 17.1 Å². The van der Waals surface area contributed by atoms with Gasteiger partial charge in [-0.3, -0.25) is 9.59 Å². The smallest absolute Gasteiger partial charge is 0.397 e. The molecule has 0 spiro atoms. The number of aryl methyl sites for hydroxylation is 1. The summed E-state index contributed by atoms with van der Waals surface area (Å²) in [5.41, 5.74) is 10.8. The van der Waals surface area contributed by atoms with Gasteiger partial charge >= 0.3 is 12.2 Å². The number of hydrogen-bond donors (Lipinski definition) is 2. The second kappa shape index (κ2) is 9.22. The van der Waals surface area contributed by atoms with Gasteiger partial charge in [-0.15, -0.1) is 11.3 Å². The van der Waals surface area contributed by atoms with Crippen LogP contribution in [-0.2, 0) is 16.0 Å². The Morgan fingerprint density at radius 2 is 1.94 bits per heavy atom. The molecule has 1 saturated heterocycles. The van der Waals surface area contributed by atoms with Crippen LogP contribution >= 0.6 is 11.3 Å². The summed E-state index contributed by atoms with van der Waals surface area (Å²) >= 11 is 1.45.